The van der Waals surface area contributed by atoms with E-state index in [2.05, 4.69) is 61.6 Å². The molecule has 0 aliphatic carbocycles. The standard InChI is InChI=1S/C50H90NO9P/c1-6-8-9-10-11-12-13-14-15-16-17-18-19-24-27-30-33-36-39-42-50(54)60-48(46-59-61(55,56)58-44-43-51(3,4)5)45-57-49(53)41-38-35-32-29-26-23-21-20-22-25-28-31-34-37-40-47(52)7-2/h14-15,21-23,25,29,31-32,34,47-48,52H,6-13,16-20,24,26-28,30,33,35-46H2,1-5H3/p+1/b15-14-,23-21-,25-22-,32-29-,34-31-/t47-,48+/m0/s1. The van der Waals surface area contributed by atoms with E-state index in [1.807, 2.05) is 34.1 Å². The predicted molar refractivity (Wildman–Crippen MR) is 253 cm³/mol. The largest absolute Gasteiger partial charge is 0.472 e. The summed E-state index contributed by atoms with van der Waals surface area (Å²) in [7, 11) is 1.42. The minimum Gasteiger partial charge on any atom is -0.462 e. The van der Waals surface area contributed by atoms with E-state index in [0.29, 0.717) is 23.9 Å². The highest BCUT2D eigenvalue weighted by Crippen LogP contribution is 2.43. The smallest absolute Gasteiger partial charge is 0.462 e. The summed E-state index contributed by atoms with van der Waals surface area (Å²) in [5, 5.41) is 9.57. The van der Waals surface area contributed by atoms with Gasteiger partial charge in [-0.3, -0.25) is 18.6 Å². The molecule has 3 atom stereocenters. The van der Waals surface area contributed by atoms with Crippen molar-refractivity contribution in [3.8, 4) is 0 Å². The number of hydrogen-bond donors (Lipinski definition) is 2. The van der Waals surface area contributed by atoms with Gasteiger partial charge in [-0.2, -0.15) is 0 Å². The summed E-state index contributed by atoms with van der Waals surface area (Å²) in [6, 6.07) is 0. The second-order valence-corrected chi connectivity index (χ2v) is 18.7. The maximum Gasteiger partial charge on any atom is 0.472 e. The first-order chi connectivity index (χ1) is 29.4. The molecule has 2 N–H and O–H groups in total. The molecule has 0 aromatic heterocycles. The van der Waals surface area contributed by atoms with Crippen LogP contribution in [0.3, 0.4) is 0 Å². The lowest BCUT2D eigenvalue weighted by Gasteiger charge is -2.24. The molecule has 0 aromatic rings. The quantitative estimate of drug-likeness (QED) is 0.0202. The number of hydrogen-bond acceptors (Lipinski definition) is 8. The van der Waals surface area contributed by atoms with Crippen LogP contribution in [-0.2, 0) is 32.7 Å². The maximum atomic E-state index is 12.7. The molecule has 0 aliphatic heterocycles. The van der Waals surface area contributed by atoms with Gasteiger partial charge in [0.1, 0.15) is 19.8 Å². The van der Waals surface area contributed by atoms with Crippen molar-refractivity contribution in [2.24, 2.45) is 0 Å². The first-order valence-corrected chi connectivity index (χ1v) is 25.6. The summed E-state index contributed by atoms with van der Waals surface area (Å²) >= 11 is 0. The average Bonchev–Trinajstić information content (AvgIpc) is 3.21. The molecular weight excluding hydrogens is 790 g/mol. The summed E-state index contributed by atoms with van der Waals surface area (Å²) < 4.78 is 34.3. The number of phosphoric ester groups is 1. The molecule has 0 radical (unpaired) electrons. The Labute approximate surface area is 373 Å². The Morgan fingerprint density at radius 3 is 1.57 bits per heavy atom. The molecule has 0 heterocycles. The summed E-state index contributed by atoms with van der Waals surface area (Å²) in [5.41, 5.74) is 0. The second-order valence-electron chi connectivity index (χ2n) is 17.3. The Bertz CT molecular complexity index is 1240. The zero-order chi connectivity index (χ0) is 45.1. The number of carbonyl (C=O) groups is 2. The monoisotopic (exact) mass is 881 g/mol. The third-order valence-electron chi connectivity index (χ3n) is 10.2. The predicted octanol–water partition coefficient (Wildman–Crippen LogP) is 13.0. The molecule has 354 valence electrons. The number of likely N-dealkylation sites (N-methyl/N-ethyl adjacent to an activating group) is 1. The number of unbranched alkanes of at least 4 members (excludes halogenated alkanes) is 16. The van der Waals surface area contributed by atoms with E-state index >= 15 is 0 Å². The molecule has 10 nitrogen and oxygen atoms in total. The van der Waals surface area contributed by atoms with Crippen molar-refractivity contribution in [2.75, 3.05) is 47.5 Å². The van der Waals surface area contributed by atoms with Gasteiger partial charge in [-0.25, -0.2) is 4.57 Å². The molecule has 0 aliphatic rings. The zero-order valence-electron chi connectivity index (χ0n) is 39.5. The molecule has 0 saturated carbocycles. The van der Waals surface area contributed by atoms with Crippen molar-refractivity contribution in [3.05, 3.63) is 60.8 Å². The van der Waals surface area contributed by atoms with Crippen molar-refractivity contribution >= 4 is 19.8 Å². The van der Waals surface area contributed by atoms with Gasteiger partial charge in [-0.1, -0.05) is 152 Å². The molecule has 61 heavy (non-hydrogen) atoms. The first kappa shape index (κ1) is 58.7. The fraction of sp³-hybridized carbons (Fsp3) is 0.760. The number of ether oxygens (including phenoxy) is 2. The minimum absolute atomic E-state index is 0.0151. The Kier molecular flexibility index (Phi) is 40.1. The van der Waals surface area contributed by atoms with Crippen molar-refractivity contribution in [1.82, 2.24) is 0 Å². The highest BCUT2D eigenvalue weighted by Gasteiger charge is 2.27. The SMILES string of the molecule is CCCCCCCC/C=C\CCCCCCCCCCCC(=O)O[C@H](COC(=O)CCC/C=C\C/C=C\C/C=C\C/C=C\CC[C@@H](O)CC)COP(=O)(O)OCC[N+](C)(C)C. The van der Waals surface area contributed by atoms with Gasteiger partial charge in [0.05, 0.1) is 33.9 Å². The van der Waals surface area contributed by atoms with Gasteiger partial charge in [-0.15, -0.1) is 0 Å². The molecule has 0 spiro atoms. The van der Waals surface area contributed by atoms with Crippen LogP contribution in [0.4, 0.5) is 0 Å². The molecule has 0 fully saturated rings. The van der Waals surface area contributed by atoms with Gasteiger partial charge in [-0.05, 0) is 83.5 Å². The molecule has 11 heteroatoms. The number of quaternary nitrogens is 1. The fourth-order valence-electron chi connectivity index (χ4n) is 6.22. The van der Waals surface area contributed by atoms with Crippen LogP contribution in [0.5, 0.6) is 0 Å². The van der Waals surface area contributed by atoms with Gasteiger partial charge in [0, 0.05) is 12.8 Å². The highest BCUT2D eigenvalue weighted by atomic mass is 31.2. The third kappa shape index (κ3) is 45.5. The van der Waals surface area contributed by atoms with E-state index < -0.39 is 32.5 Å². The van der Waals surface area contributed by atoms with Gasteiger partial charge < -0.3 is 24.0 Å². The lowest BCUT2D eigenvalue weighted by Crippen LogP contribution is -2.37. The lowest BCUT2D eigenvalue weighted by atomic mass is 10.1. The van der Waals surface area contributed by atoms with Crippen LogP contribution in [0.1, 0.15) is 187 Å². The molecule has 0 bridgehead atoms. The van der Waals surface area contributed by atoms with Gasteiger partial charge in [0.25, 0.3) is 0 Å². The van der Waals surface area contributed by atoms with Crippen LogP contribution in [0.25, 0.3) is 0 Å². The topological polar surface area (TPSA) is 129 Å². The van der Waals surface area contributed by atoms with Crippen molar-refractivity contribution in [1.29, 1.82) is 0 Å². The fourth-order valence-corrected chi connectivity index (χ4v) is 6.96. The van der Waals surface area contributed by atoms with E-state index in [4.69, 9.17) is 18.5 Å². The van der Waals surface area contributed by atoms with Gasteiger partial charge >= 0.3 is 19.8 Å². The second kappa shape index (κ2) is 41.7. The van der Waals surface area contributed by atoms with Crippen LogP contribution in [0.2, 0.25) is 0 Å². The third-order valence-corrected chi connectivity index (χ3v) is 11.2. The van der Waals surface area contributed by atoms with Crippen LogP contribution < -0.4 is 0 Å². The lowest BCUT2D eigenvalue weighted by molar-refractivity contribution is -0.870. The summed E-state index contributed by atoms with van der Waals surface area (Å²) in [6.45, 7) is 4.07. The van der Waals surface area contributed by atoms with Crippen LogP contribution >= 0.6 is 7.82 Å². The molecule has 1 unspecified atom stereocenters. The van der Waals surface area contributed by atoms with E-state index in [-0.39, 0.29) is 32.2 Å². The first-order valence-electron chi connectivity index (χ1n) is 24.1. The summed E-state index contributed by atoms with van der Waals surface area (Å²) in [6.07, 6.45) is 47.9. The summed E-state index contributed by atoms with van der Waals surface area (Å²) in [5.74, 6) is -0.885. The molecule has 0 rings (SSSR count). The number of allylic oxidation sites excluding steroid dienone is 10. The maximum absolute atomic E-state index is 12.7. The Hall–Kier alpha value is -2.33. The van der Waals surface area contributed by atoms with Crippen molar-refractivity contribution in [3.63, 3.8) is 0 Å². The van der Waals surface area contributed by atoms with E-state index in [0.717, 1.165) is 64.2 Å². The van der Waals surface area contributed by atoms with Gasteiger partial charge in [0.15, 0.2) is 6.10 Å². The minimum atomic E-state index is -4.40. The Morgan fingerprint density at radius 1 is 0.574 bits per heavy atom. The number of phosphoric acid groups is 1. The molecule has 0 amide bonds. The zero-order valence-corrected chi connectivity index (χ0v) is 40.4. The number of aliphatic hydroxyl groups excluding tert-OH is 1. The number of nitrogens with zero attached hydrogens (tertiary/aromatic N) is 1. The molecule has 0 saturated heterocycles. The van der Waals surface area contributed by atoms with Gasteiger partial charge in [0.2, 0.25) is 0 Å². The number of esters is 2. The van der Waals surface area contributed by atoms with Crippen LogP contribution in [0.15, 0.2) is 60.8 Å². The van der Waals surface area contributed by atoms with Crippen LogP contribution in [-0.4, -0.2) is 86.1 Å². The van der Waals surface area contributed by atoms with E-state index in [1.54, 1.807) is 0 Å². The number of aliphatic hydroxyl groups is 1. The highest BCUT2D eigenvalue weighted by molar-refractivity contribution is 7.47. The van der Waals surface area contributed by atoms with Crippen molar-refractivity contribution in [2.45, 2.75) is 199 Å². The number of rotatable bonds is 43. The van der Waals surface area contributed by atoms with E-state index in [9.17, 15) is 24.2 Å². The molecular formula is C50H91NO9P+. The normalized spacial score (nSPS) is 14.5. The summed E-state index contributed by atoms with van der Waals surface area (Å²) in [4.78, 5) is 35.4. The Balaban J connectivity index is 4.40. The number of carbonyl (C=O) groups excluding carboxylic acids is 2. The Morgan fingerprint density at radius 2 is 1.03 bits per heavy atom. The van der Waals surface area contributed by atoms with E-state index in [1.165, 1.54) is 83.5 Å². The average molecular weight is 881 g/mol. The molecule has 0 aromatic carbocycles. The van der Waals surface area contributed by atoms with Crippen molar-refractivity contribution < 1.29 is 47.2 Å². The van der Waals surface area contributed by atoms with Crippen LogP contribution in [0, 0.1) is 0 Å².